The number of carbonyl (C=O) groups is 2. The largest absolute Gasteiger partial charge is 0.332 e. The highest BCUT2D eigenvalue weighted by molar-refractivity contribution is 6.02. The smallest absolute Gasteiger partial charge is 0.319 e. The number of amides is 3. The fraction of sp³-hybridized carbons (Fsp3) is 0.280. The molecule has 3 fully saturated rings. The Morgan fingerprint density at radius 2 is 1.58 bits per heavy atom. The summed E-state index contributed by atoms with van der Waals surface area (Å²) in [5.74, 6) is -0.581. The number of rotatable bonds is 5. The Balaban J connectivity index is 1.17. The number of hydrogen-bond acceptors (Lipinski definition) is 2. The Morgan fingerprint density at radius 3 is 2.32 bits per heavy atom. The minimum atomic E-state index is -0.333. The molecule has 1 unspecified atom stereocenters. The summed E-state index contributed by atoms with van der Waals surface area (Å²) in [6.07, 6.45) is 2.38. The van der Waals surface area contributed by atoms with Gasteiger partial charge in [0.15, 0.2) is 0 Å². The van der Waals surface area contributed by atoms with Crippen molar-refractivity contribution >= 4 is 34.1 Å². The first-order chi connectivity index (χ1) is 14.9. The van der Waals surface area contributed by atoms with E-state index < -0.39 is 0 Å². The van der Waals surface area contributed by atoms with Crippen LogP contribution in [-0.2, 0) is 4.79 Å². The first-order valence-corrected chi connectivity index (χ1v) is 10.5. The third kappa shape index (κ3) is 3.42. The molecule has 3 aliphatic rings. The van der Waals surface area contributed by atoms with Crippen LogP contribution in [0, 0.1) is 17.2 Å². The number of anilines is 2. The number of fused-ring (bicyclic) bond motifs is 1. The van der Waals surface area contributed by atoms with Gasteiger partial charge in [-0.25, -0.2) is 9.18 Å². The lowest BCUT2D eigenvalue weighted by Gasteiger charge is -2.72. The molecule has 158 valence electrons. The van der Waals surface area contributed by atoms with Gasteiger partial charge in [0.25, 0.3) is 0 Å². The maximum Gasteiger partial charge on any atom is 0.319 e. The van der Waals surface area contributed by atoms with Crippen molar-refractivity contribution in [1.82, 2.24) is 5.32 Å². The van der Waals surface area contributed by atoms with Gasteiger partial charge in [-0.1, -0.05) is 43.3 Å². The molecule has 0 aromatic heterocycles. The molecule has 3 saturated carbocycles. The van der Waals surface area contributed by atoms with Gasteiger partial charge in [-0.3, -0.25) is 4.79 Å². The molecule has 1 atom stereocenters. The maximum absolute atomic E-state index is 13.1. The van der Waals surface area contributed by atoms with Crippen LogP contribution in [0.4, 0.5) is 20.6 Å². The topological polar surface area (TPSA) is 70.2 Å². The Labute approximate surface area is 180 Å². The molecular formula is C25H24FN3O2. The van der Waals surface area contributed by atoms with E-state index in [2.05, 4.69) is 16.0 Å². The zero-order valence-corrected chi connectivity index (χ0v) is 17.2. The summed E-state index contributed by atoms with van der Waals surface area (Å²) in [5.41, 5.74) is 1.08. The number of hydrogen-bond donors (Lipinski definition) is 3. The second-order valence-electron chi connectivity index (χ2n) is 9.00. The molecule has 3 aromatic carbocycles. The van der Waals surface area contributed by atoms with Gasteiger partial charge < -0.3 is 16.0 Å². The Kier molecular flexibility index (Phi) is 4.46. The van der Waals surface area contributed by atoms with Crippen molar-refractivity contribution in [2.75, 3.05) is 10.6 Å². The Bertz CT molecular complexity index is 1150. The van der Waals surface area contributed by atoms with E-state index in [1.807, 2.05) is 49.4 Å². The van der Waals surface area contributed by atoms with Gasteiger partial charge in [0.05, 0.1) is 5.69 Å². The minimum absolute atomic E-state index is 0.0693. The van der Waals surface area contributed by atoms with E-state index in [1.165, 1.54) is 12.1 Å². The maximum atomic E-state index is 13.1. The van der Waals surface area contributed by atoms with Gasteiger partial charge >= 0.3 is 6.03 Å². The summed E-state index contributed by atoms with van der Waals surface area (Å²) < 4.78 is 13.1. The molecule has 31 heavy (non-hydrogen) atoms. The average Bonchev–Trinajstić information content (AvgIpc) is 2.71. The normalized spacial score (nSPS) is 24.5. The van der Waals surface area contributed by atoms with E-state index in [9.17, 15) is 14.0 Å². The van der Waals surface area contributed by atoms with Gasteiger partial charge in [0.1, 0.15) is 5.82 Å². The molecular weight excluding hydrogens is 393 g/mol. The highest BCUT2D eigenvalue weighted by Crippen LogP contribution is 2.70. The van der Waals surface area contributed by atoms with Crippen LogP contribution < -0.4 is 16.0 Å². The summed E-state index contributed by atoms with van der Waals surface area (Å²) >= 11 is 0. The number of benzene rings is 3. The van der Waals surface area contributed by atoms with Crippen LogP contribution in [-0.4, -0.2) is 17.5 Å². The van der Waals surface area contributed by atoms with Crippen LogP contribution >= 0.6 is 0 Å². The molecule has 5 nitrogen and oxygen atoms in total. The van der Waals surface area contributed by atoms with Crippen molar-refractivity contribution in [3.05, 3.63) is 72.5 Å². The van der Waals surface area contributed by atoms with Gasteiger partial charge in [-0.15, -0.1) is 0 Å². The summed E-state index contributed by atoms with van der Waals surface area (Å²) in [7, 11) is 0. The Hall–Kier alpha value is -3.41. The second-order valence-corrected chi connectivity index (χ2v) is 9.00. The van der Waals surface area contributed by atoms with Crippen molar-refractivity contribution in [1.29, 1.82) is 0 Å². The van der Waals surface area contributed by atoms with Gasteiger partial charge in [0.2, 0.25) is 5.91 Å². The van der Waals surface area contributed by atoms with E-state index >= 15 is 0 Å². The number of urea groups is 1. The highest BCUT2D eigenvalue weighted by atomic mass is 19.1. The minimum Gasteiger partial charge on any atom is -0.332 e. The fourth-order valence-electron chi connectivity index (χ4n) is 5.25. The van der Waals surface area contributed by atoms with Crippen molar-refractivity contribution < 1.29 is 14.0 Å². The molecule has 3 amide bonds. The predicted octanol–water partition coefficient (Wildman–Crippen LogP) is 5.30. The molecule has 0 saturated heterocycles. The predicted molar refractivity (Wildman–Crippen MR) is 119 cm³/mol. The molecule has 6 rings (SSSR count). The van der Waals surface area contributed by atoms with Gasteiger partial charge in [-0.2, -0.15) is 0 Å². The van der Waals surface area contributed by atoms with Gasteiger partial charge in [0, 0.05) is 22.5 Å². The summed E-state index contributed by atoms with van der Waals surface area (Å²) in [5, 5.41) is 11.0. The van der Waals surface area contributed by atoms with E-state index in [1.54, 1.807) is 12.1 Å². The Morgan fingerprint density at radius 1 is 0.903 bits per heavy atom. The first-order valence-electron chi connectivity index (χ1n) is 10.5. The molecule has 6 heteroatoms. The third-order valence-corrected chi connectivity index (χ3v) is 6.91. The van der Waals surface area contributed by atoms with Crippen LogP contribution in [0.15, 0.2) is 66.7 Å². The molecule has 3 N–H and O–H groups in total. The molecule has 3 aliphatic carbocycles. The summed E-state index contributed by atoms with van der Waals surface area (Å²) in [6, 6.07) is 19.3. The van der Waals surface area contributed by atoms with Crippen molar-refractivity contribution in [3.63, 3.8) is 0 Å². The number of nitrogens with one attached hydrogen (secondary N) is 3. The molecule has 3 aromatic rings. The average molecular weight is 417 g/mol. The van der Waals surface area contributed by atoms with Crippen molar-refractivity contribution in [2.45, 2.75) is 31.7 Å². The molecule has 2 bridgehead atoms. The number of halogens is 1. The SMILES string of the molecule is CC(C(=O)Nc1ccc(F)cc1)C12CC(NC(=O)Nc3cccc4ccccc34)(C1)C2. The van der Waals surface area contributed by atoms with Crippen LogP contribution in [0.5, 0.6) is 0 Å². The van der Waals surface area contributed by atoms with Crippen LogP contribution in [0.2, 0.25) is 0 Å². The van der Waals surface area contributed by atoms with Gasteiger partial charge in [-0.05, 0) is 60.4 Å². The van der Waals surface area contributed by atoms with Crippen LogP contribution in [0.25, 0.3) is 10.8 Å². The lowest BCUT2D eigenvalue weighted by atomic mass is 9.36. The van der Waals surface area contributed by atoms with E-state index in [0.717, 1.165) is 35.7 Å². The molecule has 0 heterocycles. The third-order valence-electron chi connectivity index (χ3n) is 6.91. The summed E-state index contributed by atoms with van der Waals surface area (Å²) in [4.78, 5) is 25.3. The highest BCUT2D eigenvalue weighted by Gasteiger charge is 2.71. The monoisotopic (exact) mass is 417 g/mol. The van der Waals surface area contributed by atoms with E-state index in [4.69, 9.17) is 0 Å². The zero-order valence-electron chi connectivity index (χ0n) is 17.2. The van der Waals surface area contributed by atoms with Crippen molar-refractivity contribution in [3.8, 4) is 0 Å². The van der Waals surface area contributed by atoms with Crippen molar-refractivity contribution in [2.24, 2.45) is 11.3 Å². The molecule has 0 radical (unpaired) electrons. The number of carbonyl (C=O) groups excluding carboxylic acids is 2. The fourth-order valence-corrected chi connectivity index (χ4v) is 5.25. The molecule has 0 aliphatic heterocycles. The first kappa shape index (κ1) is 19.5. The van der Waals surface area contributed by atoms with Crippen LogP contribution in [0.3, 0.4) is 0 Å². The summed E-state index contributed by atoms with van der Waals surface area (Å²) in [6.45, 7) is 1.93. The van der Waals surface area contributed by atoms with Crippen LogP contribution in [0.1, 0.15) is 26.2 Å². The zero-order chi connectivity index (χ0) is 21.6. The second kappa shape index (κ2) is 7.08. The van der Waals surface area contributed by atoms with E-state index in [0.29, 0.717) is 5.69 Å². The van der Waals surface area contributed by atoms with E-state index in [-0.39, 0.29) is 34.6 Å². The quantitative estimate of drug-likeness (QED) is 0.527. The lowest BCUT2D eigenvalue weighted by Crippen LogP contribution is -2.77. The lowest BCUT2D eigenvalue weighted by molar-refractivity contribution is -0.183. The molecule has 0 spiro atoms. The standard InChI is InChI=1S/C25H24FN3O2/c1-16(22(30)27-19-11-9-18(26)10-12-19)24-13-25(14-24,15-24)29-23(31)28-21-8-4-6-17-5-2-3-7-20(17)21/h2-12,16H,13-15H2,1H3,(H,27,30)(H2,28,29,31).